The summed E-state index contributed by atoms with van der Waals surface area (Å²) in [5.41, 5.74) is 2.02. The first-order chi connectivity index (χ1) is 15.0. The average molecular weight is 421 g/mol. The Morgan fingerprint density at radius 2 is 2.06 bits per heavy atom. The van der Waals surface area contributed by atoms with Crippen molar-refractivity contribution in [1.29, 1.82) is 0 Å². The monoisotopic (exact) mass is 420 g/mol. The topological polar surface area (TPSA) is 71.7 Å². The predicted octanol–water partition coefficient (Wildman–Crippen LogP) is 3.67. The number of ether oxygens (including phenoxy) is 1. The molecule has 3 aromatic rings. The lowest BCUT2D eigenvalue weighted by atomic mass is 9.79. The predicted molar refractivity (Wildman–Crippen MR) is 121 cm³/mol. The fourth-order valence-corrected chi connectivity index (χ4v) is 4.65. The summed E-state index contributed by atoms with van der Waals surface area (Å²) in [5.74, 6) is 2.21. The van der Waals surface area contributed by atoms with Gasteiger partial charge in [0.25, 0.3) is 0 Å². The molecular formula is C24H28N4O3. The molecule has 1 saturated carbocycles. The van der Waals surface area contributed by atoms with E-state index in [0.717, 1.165) is 55.0 Å². The Labute approximate surface area is 181 Å². The Hall–Kier alpha value is -2.93. The minimum atomic E-state index is -0.341. The second-order valence-electron chi connectivity index (χ2n) is 8.77. The molecule has 0 unspecified atom stereocenters. The molecule has 31 heavy (non-hydrogen) atoms. The van der Waals surface area contributed by atoms with Crippen molar-refractivity contribution in [3.8, 4) is 17.2 Å². The highest BCUT2D eigenvalue weighted by molar-refractivity contribution is 5.85. The van der Waals surface area contributed by atoms with Gasteiger partial charge in [-0.1, -0.05) is 6.42 Å². The van der Waals surface area contributed by atoms with Crippen molar-refractivity contribution in [3.05, 3.63) is 46.4 Å². The number of aromatic nitrogens is 2. The molecule has 2 aromatic heterocycles. The third-order valence-electron chi connectivity index (χ3n) is 6.73. The van der Waals surface area contributed by atoms with Gasteiger partial charge in [0, 0.05) is 31.4 Å². The Kier molecular flexibility index (Phi) is 5.14. The van der Waals surface area contributed by atoms with Crippen molar-refractivity contribution in [3.63, 3.8) is 0 Å². The van der Waals surface area contributed by atoms with Gasteiger partial charge in [0.15, 0.2) is 0 Å². The maximum absolute atomic E-state index is 13.1. The first-order valence-electron chi connectivity index (χ1n) is 10.9. The van der Waals surface area contributed by atoms with Gasteiger partial charge in [-0.25, -0.2) is 14.8 Å². The van der Waals surface area contributed by atoms with Crippen LogP contribution in [0.2, 0.25) is 0 Å². The van der Waals surface area contributed by atoms with E-state index in [-0.39, 0.29) is 5.63 Å². The summed E-state index contributed by atoms with van der Waals surface area (Å²) >= 11 is 0. The third kappa shape index (κ3) is 3.57. The molecule has 0 N–H and O–H groups in total. The van der Waals surface area contributed by atoms with Crippen LogP contribution >= 0.6 is 0 Å². The maximum atomic E-state index is 13.1. The molecule has 0 amide bonds. The normalized spacial score (nSPS) is 19.2. The van der Waals surface area contributed by atoms with Gasteiger partial charge in [0.1, 0.15) is 11.6 Å². The molecule has 1 aliphatic carbocycles. The van der Waals surface area contributed by atoms with Crippen molar-refractivity contribution in [2.24, 2.45) is 0 Å². The van der Waals surface area contributed by atoms with E-state index >= 15 is 0 Å². The van der Waals surface area contributed by atoms with Gasteiger partial charge < -0.3 is 19.0 Å². The van der Waals surface area contributed by atoms with Crippen LogP contribution in [0.3, 0.4) is 0 Å². The fourth-order valence-electron chi connectivity index (χ4n) is 4.65. The van der Waals surface area contributed by atoms with E-state index in [1.807, 2.05) is 24.3 Å². The zero-order valence-electron chi connectivity index (χ0n) is 18.3. The molecule has 1 aliphatic heterocycles. The van der Waals surface area contributed by atoms with Gasteiger partial charge >= 0.3 is 5.63 Å². The second-order valence-corrected chi connectivity index (χ2v) is 8.77. The van der Waals surface area contributed by atoms with E-state index in [9.17, 15) is 4.79 Å². The third-order valence-corrected chi connectivity index (χ3v) is 6.73. The van der Waals surface area contributed by atoms with Gasteiger partial charge in [-0.2, -0.15) is 0 Å². The van der Waals surface area contributed by atoms with Crippen LogP contribution in [-0.2, 0) is 0 Å². The van der Waals surface area contributed by atoms with Crippen LogP contribution in [0, 0.1) is 0 Å². The lowest BCUT2D eigenvalue weighted by Crippen LogP contribution is -2.31. The molecule has 1 aromatic carbocycles. The summed E-state index contributed by atoms with van der Waals surface area (Å²) in [7, 11) is 5.85. The summed E-state index contributed by atoms with van der Waals surface area (Å²) in [6, 6.07) is 8.04. The lowest BCUT2D eigenvalue weighted by Gasteiger charge is -2.27. The van der Waals surface area contributed by atoms with E-state index in [1.165, 1.54) is 6.42 Å². The van der Waals surface area contributed by atoms with Crippen molar-refractivity contribution in [2.75, 3.05) is 39.2 Å². The van der Waals surface area contributed by atoms with Gasteiger partial charge in [-0.15, -0.1) is 0 Å². The number of hydrogen-bond donors (Lipinski definition) is 0. The molecule has 7 heteroatoms. The number of benzene rings is 1. The smallest absolute Gasteiger partial charge is 0.347 e. The number of fused-ring (bicyclic) bond motifs is 1. The minimum Gasteiger partial charge on any atom is -0.497 e. The van der Waals surface area contributed by atoms with Crippen molar-refractivity contribution in [1.82, 2.24) is 14.9 Å². The van der Waals surface area contributed by atoms with Crippen LogP contribution in [0.5, 0.6) is 5.75 Å². The molecule has 7 nitrogen and oxygen atoms in total. The lowest BCUT2D eigenvalue weighted by molar-refractivity contribution is 0.315. The van der Waals surface area contributed by atoms with Crippen LogP contribution < -0.4 is 15.3 Å². The van der Waals surface area contributed by atoms with Gasteiger partial charge in [0.2, 0.25) is 5.89 Å². The molecule has 0 spiro atoms. The SMILES string of the molecule is COc1cc(C2CCC2)c2c(=O)oc(-c3cccnc3N3CC[C@@H](N(C)C)C3)nc2c1. The Morgan fingerprint density at radius 1 is 1.23 bits per heavy atom. The van der Waals surface area contributed by atoms with Gasteiger partial charge in [-0.3, -0.25) is 0 Å². The Balaban J connectivity index is 1.61. The standard InChI is InChI=1S/C24H28N4O3/c1-27(2)16-9-11-28(14-16)22-18(8-5-10-25-22)23-26-20-13-17(30-3)12-19(15-6-4-7-15)21(20)24(29)31-23/h5,8,10,12-13,15-16H,4,6-7,9,11,14H2,1-3H3/t16-/m1/s1. The molecule has 0 bridgehead atoms. The van der Waals surface area contributed by atoms with Crippen LogP contribution in [-0.4, -0.2) is 55.2 Å². The molecule has 0 radical (unpaired) electrons. The van der Waals surface area contributed by atoms with E-state index < -0.39 is 0 Å². The molecule has 2 fully saturated rings. The average Bonchev–Trinajstić information content (AvgIpc) is 3.22. The van der Waals surface area contributed by atoms with E-state index in [2.05, 4.69) is 28.9 Å². The highest BCUT2D eigenvalue weighted by Gasteiger charge is 2.29. The molecule has 3 heterocycles. The second kappa shape index (κ2) is 7.96. The highest BCUT2D eigenvalue weighted by atomic mass is 16.5. The number of rotatable bonds is 5. The molecule has 5 rings (SSSR count). The van der Waals surface area contributed by atoms with Gasteiger partial charge in [0.05, 0.1) is 23.6 Å². The first-order valence-corrected chi connectivity index (χ1v) is 10.9. The van der Waals surface area contributed by atoms with Crippen molar-refractivity contribution >= 4 is 16.7 Å². The molecular weight excluding hydrogens is 392 g/mol. The van der Waals surface area contributed by atoms with Crippen LogP contribution in [0.4, 0.5) is 5.82 Å². The minimum absolute atomic E-state index is 0.307. The summed E-state index contributed by atoms with van der Waals surface area (Å²) < 4.78 is 11.3. The maximum Gasteiger partial charge on any atom is 0.347 e. The number of hydrogen-bond acceptors (Lipinski definition) is 7. The largest absolute Gasteiger partial charge is 0.497 e. The van der Waals surface area contributed by atoms with Crippen LogP contribution in [0.25, 0.3) is 22.4 Å². The summed E-state index contributed by atoms with van der Waals surface area (Å²) in [4.78, 5) is 27.0. The van der Waals surface area contributed by atoms with Crippen LogP contribution in [0.1, 0.15) is 37.2 Å². The van der Waals surface area contributed by atoms with E-state index in [4.69, 9.17) is 14.1 Å². The zero-order chi connectivity index (χ0) is 21.5. The number of methoxy groups -OCH3 is 1. The number of likely N-dealkylation sites (N-methyl/N-ethyl adjacent to an activating group) is 1. The first kappa shape index (κ1) is 20.0. The fraction of sp³-hybridized carbons (Fsp3) is 0.458. The summed E-state index contributed by atoms with van der Waals surface area (Å²) in [6.45, 7) is 1.79. The number of nitrogens with zero attached hydrogens (tertiary/aromatic N) is 4. The number of pyridine rings is 1. The van der Waals surface area contributed by atoms with E-state index in [0.29, 0.717) is 28.8 Å². The Bertz CT molecular complexity index is 1170. The van der Waals surface area contributed by atoms with Crippen molar-refractivity contribution in [2.45, 2.75) is 37.6 Å². The van der Waals surface area contributed by atoms with Crippen molar-refractivity contribution < 1.29 is 9.15 Å². The summed E-state index contributed by atoms with van der Waals surface area (Å²) in [5, 5.41) is 0.577. The molecule has 1 saturated heterocycles. The zero-order valence-corrected chi connectivity index (χ0v) is 18.3. The highest BCUT2D eigenvalue weighted by Crippen LogP contribution is 2.41. The van der Waals surface area contributed by atoms with E-state index in [1.54, 1.807) is 13.3 Å². The molecule has 2 aliphatic rings. The molecule has 1 atom stereocenters. The van der Waals surface area contributed by atoms with Crippen LogP contribution in [0.15, 0.2) is 39.7 Å². The quantitative estimate of drug-likeness (QED) is 0.624. The Morgan fingerprint density at radius 3 is 2.74 bits per heavy atom. The molecule has 162 valence electrons. The van der Waals surface area contributed by atoms with Gasteiger partial charge in [-0.05, 0) is 63.0 Å². The summed E-state index contributed by atoms with van der Waals surface area (Å²) in [6.07, 6.45) is 6.19. The number of anilines is 1.